The third-order valence-corrected chi connectivity index (χ3v) is 3.07. The number of aromatic nitrogens is 2. The minimum absolute atomic E-state index is 0.0348. The summed E-state index contributed by atoms with van der Waals surface area (Å²) in [6.45, 7) is 0. The van der Waals surface area contributed by atoms with Gasteiger partial charge >= 0.3 is 5.97 Å². The molecular formula is C15H14N4O6. The van der Waals surface area contributed by atoms with Crippen LogP contribution in [0.25, 0.3) is 0 Å². The summed E-state index contributed by atoms with van der Waals surface area (Å²) in [6.07, 6.45) is 1.15. The summed E-state index contributed by atoms with van der Waals surface area (Å²) < 4.78 is 10.1. The highest BCUT2D eigenvalue weighted by Gasteiger charge is 2.20. The molecule has 10 nitrogen and oxygen atoms in total. The van der Waals surface area contributed by atoms with E-state index in [4.69, 9.17) is 9.47 Å². The van der Waals surface area contributed by atoms with Crippen molar-refractivity contribution >= 4 is 18.1 Å². The molecule has 0 fully saturated rings. The van der Waals surface area contributed by atoms with Crippen LogP contribution in [0.4, 0.5) is 0 Å². The Morgan fingerprint density at radius 3 is 2.56 bits per heavy atom. The van der Waals surface area contributed by atoms with E-state index < -0.39 is 17.4 Å². The van der Waals surface area contributed by atoms with Crippen molar-refractivity contribution in [3.8, 4) is 11.5 Å². The smallest absolute Gasteiger partial charge is 0.340 e. The Kier molecular flexibility index (Phi) is 5.46. The molecule has 0 aliphatic carbocycles. The van der Waals surface area contributed by atoms with Gasteiger partial charge in [-0.2, -0.15) is 10.2 Å². The topological polar surface area (TPSA) is 143 Å². The Morgan fingerprint density at radius 1 is 1.24 bits per heavy atom. The van der Waals surface area contributed by atoms with Crippen LogP contribution in [0.3, 0.4) is 0 Å². The van der Waals surface area contributed by atoms with Gasteiger partial charge in [0.1, 0.15) is 5.56 Å². The van der Waals surface area contributed by atoms with Gasteiger partial charge in [0.05, 0.1) is 20.4 Å². The molecule has 0 aliphatic rings. The first-order chi connectivity index (χ1) is 12.0. The number of carboxylic acids is 1. The first kappa shape index (κ1) is 17.7. The van der Waals surface area contributed by atoms with Crippen LogP contribution >= 0.6 is 0 Å². The lowest BCUT2D eigenvalue weighted by atomic mass is 10.1. The van der Waals surface area contributed by atoms with Crippen LogP contribution in [-0.4, -0.2) is 47.6 Å². The molecule has 1 amide bonds. The molecule has 0 saturated carbocycles. The fraction of sp³-hybridized carbons (Fsp3) is 0.133. The minimum Gasteiger partial charge on any atom is -0.493 e. The van der Waals surface area contributed by atoms with Crippen LogP contribution < -0.4 is 20.5 Å². The lowest BCUT2D eigenvalue weighted by molar-refractivity contribution is 0.0692. The van der Waals surface area contributed by atoms with Gasteiger partial charge in [0, 0.05) is 11.6 Å². The maximum Gasteiger partial charge on any atom is 0.340 e. The maximum atomic E-state index is 11.8. The number of methoxy groups -OCH3 is 2. The molecule has 0 spiro atoms. The highest BCUT2D eigenvalue weighted by Crippen LogP contribution is 2.32. The van der Waals surface area contributed by atoms with E-state index in [2.05, 4.69) is 20.7 Å². The molecule has 0 radical (unpaired) electrons. The normalized spacial score (nSPS) is 10.5. The van der Waals surface area contributed by atoms with E-state index in [-0.39, 0.29) is 28.3 Å². The fourth-order valence-corrected chi connectivity index (χ4v) is 1.96. The molecule has 130 valence electrons. The number of ether oxygens (including phenoxy) is 2. The zero-order valence-electron chi connectivity index (χ0n) is 13.3. The maximum absolute atomic E-state index is 11.8. The summed E-state index contributed by atoms with van der Waals surface area (Å²) in [5, 5.41) is 18.7. The number of rotatable bonds is 6. The molecule has 1 aromatic carbocycles. The lowest BCUT2D eigenvalue weighted by Gasteiger charge is -2.12. The van der Waals surface area contributed by atoms with Crippen molar-refractivity contribution in [1.82, 2.24) is 15.6 Å². The van der Waals surface area contributed by atoms with Crippen molar-refractivity contribution in [1.29, 1.82) is 0 Å². The zero-order valence-corrected chi connectivity index (χ0v) is 13.3. The number of H-pyrrole nitrogens is 1. The third kappa shape index (κ3) is 3.99. The molecule has 3 N–H and O–H groups in total. The molecule has 0 bridgehead atoms. The van der Waals surface area contributed by atoms with E-state index >= 15 is 0 Å². The Balaban J connectivity index is 2.25. The molecular weight excluding hydrogens is 332 g/mol. The van der Waals surface area contributed by atoms with E-state index in [1.54, 1.807) is 0 Å². The van der Waals surface area contributed by atoms with E-state index in [0.717, 1.165) is 12.3 Å². The summed E-state index contributed by atoms with van der Waals surface area (Å²) in [5.74, 6) is -1.64. The van der Waals surface area contributed by atoms with Gasteiger partial charge in [-0.1, -0.05) is 0 Å². The van der Waals surface area contributed by atoms with E-state index in [9.17, 15) is 19.5 Å². The number of nitrogens with zero attached hydrogens (tertiary/aromatic N) is 2. The van der Waals surface area contributed by atoms with Gasteiger partial charge in [0.15, 0.2) is 17.2 Å². The Hall–Kier alpha value is -3.69. The van der Waals surface area contributed by atoms with Gasteiger partial charge in [-0.25, -0.2) is 15.3 Å². The summed E-state index contributed by atoms with van der Waals surface area (Å²) in [6, 6.07) is 5.34. The summed E-state index contributed by atoms with van der Waals surface area (Å²) in [5.41, 5.74) is 1.71. The SMILES string of the molecule is COc1ccc(/C=N\NC(=O)c2ccc(=O)[nH]n2)c(C(=O)O)c1OC. The van der Waals surface area contributed by atoms with Crippen LogP contribution in [0, 0.1) is 0 Å². The monoisotopic (exact) mass is 346 g/mol. The number of aromatic amines is 1. The first-order valence-electron chi connectivity index (χ1n) is 6.85. The number of aromatic carboxylic acids is 1. The van der Waals surface area contributed by atoms with Crippen molar-refractivity contribution in [2.45, 2.75) is 0 Å². The van der Waals surface area contributed by atoms with Gasteiger partial charge in [0.2, 0.25) is 0 Å². The molecule has 0 atom stereocenters. The zero-order chi connectivity index (χ0) is 18.4. The highest BCUT2D eigenvalue weighted by atomic mass is 16.5. The molecule has 0 unspecified atom stereocenters. The van der Waals surface area contributed by atoms with Crippen molar-refractivity contribution < 1.29 is 24.2 Å². The number of hydrazone groups is 1. The minimum atomic E-state index is -1.24. The molecule has 2 rings (SSSR count). The quantitative estimate of drug-likeness (QED) is 0.502. The molecule has 0 aliphatic heterocycles. The molecule has 2 aromatic rings. The van der Waals surface area contributed by atoms with Crippen molar-refractivity contribution in [3.63, 3.8) is 0 Å². The van der Waals surface area contributed by atoms with Crippen LogP contribution in [0.1, 0.15) is 26.4 Å². The van der Waals surface area contributed by atoms with Crippen LogP contribution in [-0.2, 0) is 0 Å². The summed E-state index contributed by atoms with van der Waals surface area (Å²) in [7, 11) is 2.70. The number of amides is 1. The van der Waals surface area contributed by atoms with E-state index in [1.807, 2.05) is 0 Å². The lowest BCUT2D eigenvalue weighted by Crippen LogP contribution is -2.21. The van der Waals surface area contributed by atoms with Crippen molar-refractivity contribution in [2.75, 3.05) is 14.2 Å². The average Bonchev–Trinajstić information content (AvgIpc) is 2.61. The largest absolute Gasteiger partial charge is 0.493 e. The van der Waals surface area contributed by atoms with Crippen molar-refractivity contribution in [3.05, 3.63) is 51.4 Å². The molecule has 1 heterocycles. The predicted molar refractivity (Wildman–Crippen MR) is 86.4 cm³/mol. The molecule has 10 heteroatoms. The second-order valence-electron chi connectivity index (χ2n) is 4.58. The second-order valence-corrected chi connectivity index (χ2v) is 4.58. The van der Waals surface area contributed by atoms with Crippen LogP contribution in [0.15, 0.2) is 34.2 Å². The number of hydrogen-bond donors (Lipinski definition) is 3. The van der Waals surface area contributed by atoms with Gasteiger partial charge in [0.25, 0.3) is 11.5 Å². The van der Waals surface area contributed by atoms with Gasteiger partial charge in [-0.3, -0.25) is 9.59 Å². The third-order valence-electron chi connectivity index (χ3n) is 3.07. The predicted octanol–water partition coefficient (Wildman–Crippen LogP) is 0.249. The number of carbonyl (C=O) groups excluding carboxylic acids is 1. The highest BCUT2D eigenvalue weighted by molar-refractivity contribution is 6.02. The average molecular weight is 346 g/mol. The number of carbonyl (C=O) groups is 2. The fourth-order valence-electron chi connectivity index (χ4n) is 1.96. The number of benzene rings is 1. The Morgan fingerprint density at radius 2 is 2.00 bits per heavy atom. The summed E-state index contributed by atoms with van der Waals surface area (Å²) in [4.78, 5) is 34.2. The number of nitrogens with one attached hydrogen (secondary N) is 2. The summed E-state index contributed by atoms with van der Waals surface area (Å²) >= 11 is 0. The second kappa shape index (κ2) is 7.73. The van der Waals surface area contributed by atoms with E-state index in [1.165, 1.54) is 32.4 Å². The standard InChI is InChI=1S/C15H14N4O6/c1-24-10-5-3-8(12(15(22)23)13(10)25-2)7-16-19-14(21)9-4-6-11(20)18-17-9/h3-7H,1-2H3,(H,18,20)(H,19,21)(H,22,23)/b16-7-. The van der Waals surface area contributed by atoms with Gasteiger partial charge < -0.3 is 14.6 Å². The van der Waals surface area contributed by atoms with E-state index in [0.29, 0.717) is 0 Å². The Bertz CT molecular complexity index is 870. The van der Waals surface area contributed by atoms with Crippen LogP contribution in [0.5, 0.6) is 11.5 Å². The molecule has 0 saturated heterocycles. The Labute approximate surface area is 141 Å². The number of hydrogen-bond acceptors (Lipinski definition) is 7. The first-order valence-corrected chi connectivity index (χ1v) is 6.85. The molecule has 25 heavy (non-hydrogen) atoms. The van der Waals surface area contributed by atoms with Gasteiger partial charge in [-0.15, -0.1) is 0 Å². The van der Waals surface area contributed by atoms with Crippen LogP contribution in [0.2, 0.25) is 0 Å². The number of carboxylic acid groups (broad SMARTS) is 1. The molecule has 1 aromatic heterocycles. The van der Waals surface area contributed by atoms with Gasteiger partial charge in [-0.05, 0) is 18.2 Å². The van der Waals surface area contributed by atoms with Crippen molar-refractivity contribution in [2.24, 2.45) is 5.10 Å².